The minimum atomic E-state index is -1.02. The number of hydrogen-bond acceptors (Lipinski definition) is 4. The summed E-state index contributed by atoms with van der Waals surface area (Å²) in [6.45, 7) is 2.13. The zero-order valence-electron chi connectivity index (χ0n) is 16.0. The molecule has 2 aromatic heterocycles. The third kappa shape index (κ3) is 4.11. The molecule has 0 aliphatic carbocycles. The Morgan fingerprint density at radius 2 is 1.97 bits per heavy atom. The van der Waals surface area contributed by atoms with Crippen LogP contribution in [0.25, 0.3) is 22.7 Å². The molecule has 0 unspecified atom stereocenters. The van der Waals surface area contributed by atoms with Crippen LogP contribution in [0.3, 0.4) is 0 Å². The number of fused-ring (bicyclic) bond motifs is 1. The standard InChI is InChI=1S/C22H17ClFN3O3/c1-13-17(21(23)27(26-13)12-14-6-8-16(24)9-7-14)10-15(11-20(28)29)22-25-18-4-2-3-5-19(18)30-22/h2-10H,11-12H2,1H3,(H,28,29)/b15-10+. The van der Waals surface area contributed by atoms with E-state index in [2.05, 4.69) is 10.1 Å². The monoisotopic (exact) mass is 425 g/mol. The number of oxazole rings is 1. The van der Waals surface area contributed by atoms with Gasteiger partial charge in [0.15, 0.2) is 5.58 Å². The van der Waals surface area contributed by atoms with Crippen LogP contribution in [-0.4, -0.2) is 25.8 Å². The van der Waals surface area contributed by atoms with E-state index >= 15 is 0 Å². The summed E-state index contributed by atoms with van der Waals surface area (Å²) < 4.78 is 20.5. The van der Waals surface area contributed by atoms with E-state index in [0.717, 1.165) is 5.56 Å². The Kier molecular flexibility index (Phi) is 5.37. The van der Waals surface area contributed by atoms with Crippen molar-refractivity contribution in [2.45, 2.75) is 19.9 Å². The van der Waals surface area contributed by atoms with Crippen LogP contribution in [0, 0.1) is 12.7 Å². The minimum Gasteiger partial charge on any atom is -0.481 e. The predicted octanol–water partition coefficient (Wildman–Crippen LogP) is 5.19. The third-order valence-electron chi connectivity index (χ3n) is 4.58. The average molecular weight is 426 g/mol. The number of benzene rings is 2. The molecule has 0 amide bonds. The number of para-hydroxylation sites is 2. The maximum Gasteiger partial charge on any atom is 0.308 e. The molecule has 8 heteroatoms. The molecule has 1 N–H and O–H groups in total. The van der Waals surface area contributed by atoms with Crippen LogP contribution in [-0.2, 0) is 11.3 Å². The van der Waals surface area contributed by atoms with Gasteiger partial charge in [-0.1, -0.05) is 35.9 Å². The van der Waals surface area contributed by atoms with Crippen molar-refractivity contribution < 1.29 is 18.7 Å². The number of hydrogen-bond donors (Lipinski definition) is 1. The smallest absolute Gasteiger partial charge is 0.308 e. The molecule has 2 heterocycles. The SMILES string of the molecule is Cc1nn(Cc2ccc(F)cc2)c(Cl)c1/C=C(\CC(=O)O)c1nc2ccccc2o1. The van der Waals surface area contributed by atoms with Crippen LogP contribution in [0.15, 0.2) is 52.9 Å². The first-order chi connectivity index (χ1) is 14.4. The number of carbonyl (C=O) groups is 1. The number of aromatic nitrogens is 3. The lowest BCUT2D eigenvalue weighted by Gasteiger charge is -2.04. The van der Waals surface area contributed by atoms with Crippen LogP contribution in [0.5, 0.6) is 0 Å². The van der Waals surface area contributed by atoms with E-state index in [9.17, 15) is 14.3 Å². The highest BCUT2D eigenvalue weighted by Crippen LogP contribution is 2.29. The minimum absolute atomic E-state index is 0.223. The lowest BCUT2D eigenvalue weighted by atomic mass is 10.1. The number of carboxylic acids is 1. The number of aryl methyl sites for hydroxylation is 1. The van der Waals surface area contributed by atoms with Crippen molar-refractivity contribution in [3.05, 3.63) is 82.2 Å². The lowest BCUT2D eigenvalue weighted by Crippen LogP contribution is -2.02. The highest BCUT2D eigenvalue weighted by molar-refractivity contribution is 6.31. The largest absolute Gasteiger partial charge is 0.481 e. The van der Waals surface area contributed by atoms with Crippen molar-refractivity contribution in [2.24, 2.45) is 0 Å². The topological polar surface area (TPSA) is 81.2 Å². The van der Waals surface area contributed by atoms with E-state index in [4.69, 9.17) is 16.0 Å². The Hall–Kier alpha value is -3.45. The summed E-state index contributed by atoms with van der Waals surface area (Å²) in [5, 5.41) is 14.2. The van der Waals surface area contributed by atoms with Crippen LogP contribution in [0.4, 0.5) is 4.39 Å². The second kappa shape index (κ2) is 8.12. The molecule has 152 valence electrons. The Labute approximate surface area is 176 Å². The zero-order valence-corrected chi connectivity index (χ0v) is 16.7. The maximum absolute atomic E-state index is 13.1. The number of rotatable bonds is 6. The van der Waals surface area contributed by atoms with Gasteiger partial charge in [0, 0.05) is 11.1 Å². The molecule has 0 bridgehead atoms. The van der Waals surface area contributed by atoms with Crippen molar-refractivity contribution >= 4 is 40.3 Å². The fourth-order valence-corrected chi connectivity index (χ4v) is 3.42. The summed E-state index contributed by atoms with van der Waals surface area (Å²) in [5.74, 6) is -1.11. The van der Waals surface area contributed by atoms with Gasteiger partial charge in [-0.05, 0) is 42.8 Å². The highest BCUT2D eigenvalue weighted by atomic mass is 35.5. The molecule has 0 saturated carbocycles. The van der Waals surface area contributed by atoms with Gasteiger partial charge in [0.25, 0.3) is 0 Å². The summed E-state index contributed by atoms with van der Waals surface area (Å²) in [6, 6.07) is 13.3. The van der Waals surface area contributed by atoms with Gasteiger partial charge < -0.3 is 9.52 Å². The molecule has 0 atom stereocenters. The lowest BCUT2D eigenvalue weighted by molar-refractivity contribution is -0.135. The molecular formula is C22H17ClFN3O3. The number of aliphatic carboxylic acids is 1. The summed E-state index contributed by atoms with van der Waals surface area (Å²) >= 11 is 6.54. The summed E-state index contributed by atoms with van der Waals surface area (Å²) in [4.78, 5) is 15.8. The van der Waals surface area contributed by atoms with Crippen molar-refractivity contribution in [3.8, 4) is 0 Å². The van der Waals surface area contributed by atoms with E-state index in [1.807, 2.05) is 12.1 Å². The van der Waals surface area contributed by atoms with Crippen LogP contribution in [0.1, 0.15) is 29.1 Å². The van der Waals surface area contributed by atoms with Crippen LogP contribution >= 0.6 is 11.6 Å². The molecule has 0 aliphatic rings. The first-order valence-corrected chi connectivity index (χ1v) is 9.54. The van der Waals surface area contributed by atoms with Crippen molar-refractivity contribution in [1.82, 2.24) is 14.8 Å². The fourth-order valence-electron chi connectivity index (χ4n) is 3.13. The molecule has 6 nitrogen and oxygen atoms in total. The van der Waals surface area contributed by atoms with Crippen LogP contribution < -0.4 is 0 Å². The van der Waals surface area contributed by atoms with Gasteiger partial charge in [-0.25, -0.2) is 14.1 Å². The van der Waals surface area contributed by atoms with Crippen molar-refractivity contribution in [1.29, 1.82) is 0 Å². The Morgan fingerprint density at radius 1 is 1.23 bits per heavy atom. The Balaban J connectivity index is 1.73. The summed E-state index contributed by atoms with van der Waals surface area (Å²) in [5.41, 5.74) is 3.63. The zero-order chi connectivity index (χ0) is 21.3. The molecule has 0 fully saturated rings. The molecule has 30 heavy (non-hydrogen) atoms. The third-order valence-corrected chi connectivity index (χ3v) is 4.98. The highest BCUT2D eigenvalue weighted by Gasteiger charge is 2.18. The first kappa shape index (κ1) is 19.8. The van der Waals surface area contributed by atoms with Crippen LogP contribution in [0.2, 0.25) is 5.15 Å². The molecule has 4 aromatic rings. The van der Waals surface area contributed by atoms with Crippen molar-refractivity contribution in [2.75, 3.05) is 0 Å². The van der Waals surface area contributed by atoms with E-state index in [1.165, 1.54) is 12.1 Å². The second-order valence-electron chi connectivity index (χ2n) is 6.80. The number of halogens is 2. The molecule has 0 saturated heterocycles. The van der Waals surface area contributed by atoms with Gasteiger partial charge in [0.2, 0.25) is 5.89 Å². The van der Waals surface area contributed by atoms with E-state index in [-0.39, 0.29) is 18.1 Å². The molecule has 0 aliphatic heterocycles. The summed E-state index contributed by atoms with van der Waals surface area (Å²) in [6.07, 6.45) is 1.36. The average Bonchev–Trinajstić information content (AvgIpc) is 3.25. The Bertz CT molecular complexity index is 1230. The molecular weight excluding hydrogens is 409 g/mol. The van der Waals surface area contributed by atoms with E-state index < -0.39 is 5.97 Å². The number of carboxylic acid groups (broad SMARTS) is 1. The van der Waals surface area contributed by atoms with Gasteiger partial charge in [-0.15, -0.1) is 0 Å². The van der Waals surface area contributed by atoms with Gasteiger partial charge in [0.05, 0.1) is 18.7 Å². The van der Waals surface area contributed by atoms with Gasteiger partial charge >= 0.3 is 5.97 Å². The van der Waals surface area contributed by atoms with Crippen molar-refractivity contribution in [3.63, 3.8) is 0 Å². The first-order valence-electron chi connectivity index (χ1n) is 9.16. The van der Waals surface area contributed by atoms with Gasteiger partial charge in [-0.3, -0.25) is 4.79 Å². The maximum atomic E-state index is 13.1. The van der Waals surface area contributed by atoms with E-state index in [1.54, 1.807) is 41.9 Å². The quantitative estimate of drug-likeness (QED) is 0.459. The summed E-state index contributed by atoms with van der Waals surface area (Å²) in [7, 11) is 0. The second-order valence-corrected chi connectivity index (χ2v) is 7.16. The normalized spacial score (nSPS) is 11.9. The molecule has 0 spiro atoms. The predicted molar refractivity (Wildman–Crippen MR) is 112 cm³/mol. The van der Waals surface area contributed by atoms with Gasteiger partial charge in [0.1, 0.15) is 16.5 Å². The molecule has 4 rings (SSSR count). The van der Waals surface area contributed by atoms with Gasteiger partial charge in [-0.2, -0.15) is 5.10 Å². The molecule has 2 aromatic carbocycles. The Morgan fingerprint density at radius 3 is 2.67 bits per heavy atom. The number of nitrogens with zero attached hydrogens (tertiary/aromatic N) is 3. The fraction of sp³-hybridized carbons (Fsp3) is 0.136. The molecule has 0 radical (unpaired) electrons. The van der Waals surface area contributed by atoms with E-state index in [0.29, 0.717) is 39.6 Å².